The van der Waals surface area contributed by atoms with Gasteiger partial charge >= 0.3 is 0 Å². The first-order valence-electron chi connectivity index (χ1n) is 13.3. The van der Waals surface area contributed by atoms with Crippen molar-refractivity contribution in [1.29, 1.82) is 5.26 Å². The molecule has 3 aromatic heterocycles. The molecule has 9 heteroatoms. The number of carbonyl (C=O) groups excluding carboxylic acids is 1. The summed E-state index contributed by atoms with van der Waals surface area (Å²) < 4.78 is 2.17. The number of amides is 1. The maximum atomic E-state index is 13.0. The van der Waals surface area contributed by atoms with Gasteiger partial charge in [-0.2, -0.15) is 5.26 Å². The van der Waals surface area contributed by atoms with Crippen LogP contribution in [0, 0.1) is 22.7 Å². The number of thioether (sulfide) groups is 1. The van der Waals surface area contributed by atoms with E-state index in [9.17, 15) is 10.1 Å². The molecule has 0 aliphatic heterocycles. The number of nitrogens with one attached hydrogen (secondary N) is 1. The average molecular weight is 554 g/mol. The minimum absolute atomic E-state index is 0.104. The van der Waals surface area contributed by atoms with Crippen LogP contribution in [-0.4, -0.2) is 26.4 Å². The summed E-state index contributed by atoms with van der Waals surface area (Å²) in [6.45, 7) is 9.84. The SMILES string of the molecule is CCCn1c(SCC(=O)Nc2sc3c(c2C#N)CCC(C(C)(C)C)C3)nnc1-c1csc2c1CCCC2. The molecule has 0 saturated heterocycles. The molecular formula is C28H35N5OS3. The van der Waals surface area contributed by atoms with E-state index in [1.165, 1.54) is 45.5 Å². The predicted octanol–water partition coefficient (Wildman–Crippen LogP) is 7.11. The van der Waals surface area contributed by atoms with Crippen molar-refractivity contribution in [1.82, 2.24) is 14.8 Å². The minimum Gasteiger partial charge on any atom is -0.316 e. The van der Waals surface area contributed by atoms with E-state index in [1.54, 1.807) is 11.3 Å². The molecule has 2 aliphatic rings. The van der Waals surface area contributed by atoms with Crippen molar-refractivity contribution in [2.75, 3.05) is 11.1 Å². The van der Waals surface area contributed by atoms with Gasteiger partial charge in [-0.3, -0.25) is 4.79 Å². The third-order valence-corrected chi connectivity index (χ3v) is 10.9. The van der Waals surface area contributed by atoms with E-state index in [1.807, 2.05) is 11.3 Å². The summed E-state index contributed by atoms with van der Waals surface area (Å²) in [5.74, 6) is 1.65. The Labute approximate surface area is 231 Å². The van der Waals surface area contributed by atoms with Crippen molar-refractivity contribution in [2.45, 2.75) is 90.8 Å². The Morgan fingerprint density at radius 1 is 1.22 bits per heavy atom. The zero-order valence-electron chi connectivity index (χ0n) is 22.1. The third kappa shape index (κ3) is 5.39. The first-order valence-corrected chi connectivity index (χ1v) is 16.0. The van der Waals surface area contributed by atoms with Crippen molar-refractivity contribution < 1.29 is 4.79 Å². The fourth-order valence-electron chi connectivity index (χ4n) is 5.53. The minimum atomic E-state index is -0.104. The van der Waals surface area contributed by atoms with E-state index in [0.29, 0.717) is 16.5 Å². The van der Waals surface area contributed by atoms with E-state index in [-0.39, 0.29) is 17.1 Å². The second-order valence-corrected chi connectivity index (χ2v) is 14.2. The quantitative estimate of drug-likeness (QED) is 0.315. The van der Waals surface area contributed by atoms with Crippen LogP contribution in [0.1, 0.15) is 79.8 Å². The lowest BCUT2D eigenvalue weighted by Gasteiger charge is -2.33. The first-order chi connectivity index (χ1) is 17.8. The normalized spacial score (nSPS) is 17.2. The van der Waals surface area contributed by atoms with Crippen LogP contribution in [0.25, 0.3) is 11.4 Å². The van der Waals surface area contributed by atoms with Crippen LogP contribution in [-0.2, 0) is 37.0 Å². The van der Waals surface area contributed by atoms with Gasteiger partial charge in [-0.15, -0.1) is 32.9 Å². The molecule has 0 radical (unpaired) electrons. The Kier molecular flexibility index (Phi) is 7.80. The Hall–Kier alpha value is -2.15. The summed E-state index contributed by atoms with van der Waals surface area (Å²) in [6.07, 6.45) is 8.73. The number of nitriles is 1. The second-order valence-electron chi connectivity index (χ2n) is 11.2. The van der Waals surface area contributed by atoms with Gasteiger partial charge in [0.05, 0.1) is 11.3 Å². The number of aryl methyl sites for hydroxylation is 1. The van der Waals surface area contributed by atoms with Crippen LogP contribution in [0.3, 0.4) is 0 Å². The van der Waals surface area contributed by atoms with Gasteiger partial charge < -0.3 is 9.88 Å². The number of carbonyl (C=O) groups is 1. The number of anilines is 1. The standard InChI is InChI=1S/C28H35N5OS3/c1-5-12-33-25(21-15-35-22-9-7-6-8-18(21)22)31-32-27(33)36-16-24(34)30-26-20(14-29)19-11-10-17(28(2,3)4)13-23(19)37-26/h15,17H,5-13,16H2,1-4H3,(H,30,34). The van der Waals surface area contributed by atoms with Gasteiger partial charge in [0.2, 0.25) is 5.91 Å². The molecule has 1 amide bonds. The van der Waals surface area contributed by atoms with Crippen molar-refractivity contribution in [3.8, 4) is 17.5 Å². The number of fused-ring (bicyclic) bond motifs is 2. The lowest BCUT2D eigenvalue weighted by atomic mass is 9.72. The lowest BCUT2D eigenvalue weighted by Crippen LogP contribution is -2.26. The average Bonchev–Trinajstić information content (AvgIpc) is 3.56. The predicted molar refractivity (Wildman–Crippen MR) is 154 cm³/mol. The smallest absolute Gasteiger partial charge is 0.235 e. The molecule has 3 aromatic rings. The van der Waals surface area contributed by atoms with Gasteiger partial charge in [0.1, 0.15) is 11.1 Å². The van der Waals surface area contributed by atoms with Crippen LogP contribution in [0.4, 0.5) is 5.00 Å². The number of hydrogen-bond acceptors (Lipinski definition) is 7. The molecule has 1 atom stereocenters. The molecule has 5 rings (SSSR count). The highest BCUT2D eigenvalue weighted by atomic mass is 32.2. The summed E-state index contributed by atoms with van der Waals surface area (Å²) in [4.78, 5) is 15.7. The molecule has 1 unspecified atom stereocenters. The molecule has 0 spiro atoms. The van der Waals surface area contributed by atoms with Gasteiger partial charge in [-0.25, -0.2) is 0 Å². The highest BCUT2D eigenvalue weighted by molar-refractivity contribution is 7.99. The Morgan fingerprint density at radius 2 is 2.03 bits per heavy atom. The molecule has 196 valence electrons. The second kappa shape index (κ2) is 10.9. The molecule has 1 N–H and O–H groups in total. The monoisotopic (exact) mass is 553 g/mol. The van der Waals surface area contributed by atoms with E-state index >= 15 is 0 Å². The van der Waals surface area contributed by atoms with Gasteiger partial charge in [-0.05, 0) is 73.8 Å². The number of aromatic nitrogens is 3. The third-order valence-electron chi connectivity index (χ3n) is 7.65. The number of hydrogen-bond donors (Lipinski definition) is 1. The van der Waals surface area contributed by atoms with Crippen LogP contribution in [0.5, 0.6) is 0 Å². The lowest BCUT2D eigenvalue weighted by molar-refractivity contribution is -0.113. The van der Waals surface area contributed by atoms with Crippen LogP contribution < -0.4 is 5.32 Å². The molecule has 0 saturated carbocycles. The largest absolute Gasteiger partial charge is 0.316 e. The van der Waals surface area contributed by atoms with Crippen LogP contribution in [0.2, 0.25) is 0 Å². The summed E-state index contributed by atoms with van der Waals surface area (Å²) in [7, 11) is 0. The van der Waals surface area contributed by atoms with Gasteiger partial charge in [0.25, 0.3) is 0 Å². The van der Waals surface area contributed by atoms with Crippen LogP contribution >= 0.6 is 34.4 Å². The Bertz CT molecular complexity index is 1340. The Morgan fingerprint density at radius 3 is 2.78 bits per heavy atom. The molecule has 37 heavy (non-hydrogen) atoms. The first kappa shape index (κ1) is 26.5. The van der Waals surface area contributed by atoms with E-state index in [4.69, 9.17) is 0 Å². The molecule has 0 aromatic carbocycles. The molecule has 0 bridgehead atoms. The fraction of sp³-hybridized carbons (Fsp3) is 0.571. The highest BCUT2D eigenvalue weighted by Crippen LogP contribution is 2.44. The van der Waals surface area contributed by atoms with Gasteiger partial charge in [0, 0.05) is 27.2 Å². The fourth-order valence-corrected chi connectivity index (χ4v) is 8.71. The van der Waals surface area contributed by atoms with Crippen molar-refractivity contribution >= 4 is 45.3 Å². The van der Waals surface area contributed by atoms with Crippen molar-refractivity contribution in [3.63, 3.8) is 0 Å². The molecule has 0 fully saturated rings. The van der Waals surface area contributed by atoms with Gasteiger partial charge in [-0.1, -0.05) is 39.5 Å². The molecule has 3 heterocycles. The maximum Gasteiger partial charge on any atom is 0.235 e. The Balaban J connectivity index is 1.29. The summed E-state index contributed by atoms with van der Waals surface area (Å²) in [6, 6.07) is 2.37. The molecule has 6 nitrogen and oxygen atoms in total. The summed E-state index contributed by atoms with van der Waals surface area (Å²) >= 11 is 4.85. The van der Waals surface area contributed by atoms with E-state index in [2.05, 4.69) is 59.2 Å². The topological polar surface area (TPSA) is 83.6 Å². The number of thiophene rings is 2. The van der Waals surface area contributed by atoms with E-state index < -0.39 is 0 Å². The summed E-state index contributed by atoms with van der Waals surface area (Å²) in [5, 5.41) is 25.7. The van der Waals surface area contributed by atoms with Gasteiger partial charge in [0.15, 0.2) is 11.0 Å². The zero-order chi connectivity index (χ0) is 26.2. The van der Waals surface area contributed by atoms with Crippen molar-refractivity contribution in [3.05, 3.63) is 31.8 Å². The zero-order valence-corrected chi connectivity index (χ0v) is 24.6. The number of rotatable bonds is 7. The number of nitrogens with zero attached hydrogens (tertiary/aromatic N) is 4. The molecular weight excluding hydrogens is 519 g/mol. The highest BCUT2D eigenvalue weighted by Gasteiger charge is 2.32. The van der Waals surface area contributed by atoms with Crippen molar-refractivity contribution in [2.24, 2.45) is 11.3 Å². The van der Waals surface area contributed by atoms with E-state index in [0.717, 1.165) is 61.6 Å². The van der Waals surface area contributed by atoms with Crippen LogP contribution in [0.15, 0.2) is 10.5 Å². The maximum absolute atomic E-state index is 13.0. The molecule has 2 aliphatic carbocycles. The summed E-state index contributed by atoms with van der Waals surface area (Å²) in [5.41, 5.74) is 4.69.